The van der Waals surface area contributed by atoms with Gasteiger partial charge in [-0.25, -0.2) is 4.39 Å². The minimum Gasteiger partial charge on any atom is -0.288 e. The third-order valence-electron chi connectivity index (χ3n) is 2.26. The second-order valence-electron chi connectivity index (χ2n) is 3.39. The van der Waals surface area contributed by atoms with E-state index < -0.39 is 0 Å². The second-order valence-corrected chi connectivity index (χ2v) is 5.16. The first-order chi connectivity index (χ1) is 7.59. The van der Waals surface area contributed by atoms with Crippen LogP contribution in [0.4, 0.5) is 4.39 Å². The van der Waals surface area contributed by atoms with E-state index in [0.717, 1.165) is 4.47 Å². The molecule has 0 atom stereocenters. The van der Waals surface area contributed by atoms with E-state index in [2.05, 4.69) is 15.9 Å². The molecule has 0 fully saturated rings. The minimum absolute atomic E-state index is 0.152. The Kier molecular flexibility index (Phi) is 3.21. The molecule has 1 nitrogen and oxygen atoms in total. The van der Waals surface area contributed by atoms with E-state index in [4.69, 9.17) is 0 Å². The Balaban J connectivity index is 2.42. The van der Waals surface area contributed by atoms with E-state index in [-0.39, 0.29) is 11.6 Å². The number of halogens is 2. The monoisotopic (exact) mass is 298 g/mol. The summed E-state index contributed by atoms with van der Waals surface area (Å²) in [6.45, 7) is 1.67. The maximum absolute atomic E-state index is 13.3. The van der Waals surface area contributed by atoms with Crippen molar-refractivity contribution in [2.75, 3.05) is 0 Å². The van der Waals surface area contributed by atoms with Gasteiger partial charge >= 0.3 is 0 Å². The Labute approximate surface area is 105 Å². The summed E-state index contributed by atoms with van der Waals surface area (Å²) in [7, 11) is 0. The fraction of sp³-hybridized carbons (Fsp3) is 0.0833. The van der Waals surface area contributed by atoms with Crippen LogP contribution in [0.2, 0.25) is 0 Å². The molecule has 0 aliphatic heterocycles. The van der Waals surface area contributed by atoms with Crippen molar-refractivity contribution in [3.8, 4) is 0 Å². The van der Waals surface area contributed by atoms with E-state index in [1.165, 1.54) is 17.4 Å². The molecule has 0 N–H and O–H groups in total. The highest BCUT2D eigenvalue weighted by Crippen LogP contribution is 2.26. The zero-order chi connectivity index (χ0) is 11.7. The van der Waals surface area contributed by atoms with Gasteiger partial charge in [0.2, 0.25) is 5.78 Å². The molecular formula is C12H8BrFOS. The highest BCUT2D eigenvalue weighted by molar-refractivity contribution is 9.10. The molecule has 0 unspecified atom stereocenters. The fourth-order valence-electron chi connectivity index (χ4n) is 1.32. The van der Waals surface area contributed by atoms with Crippen LogP contribution in [0.3, 0.4) is 0 Å². The molecule has 0 aliphatic rings. The Morgan fingerprint density at radius 2 is 2.12 bits per heavy atom. The Hall–Kier alpha value is -1.00. The standard InChI is InChI=1S/C12H8BrFOS/c1-7-2-3-8(6-10(7)14)11(15)12-9(13)4-5-16-12/h2-6H,1H3. The lowest BCUT2D eigenvalue weighted by molar-refractivity contribution is 0.104. The first kappa shape index (κ1) is 11.5. The lowest BCUT2D eigenvalue weighted by atomic mass is 10.1. The van der Waals surface area contributed by atoms with Gasteiger partial charge in [-0.2, -0.15) is 0 Å². The predicted octanol–water partition coefficient (Wildman–Crippen LogP) is 4.19. The van der Waals surface area contributed by atoms with Gasteiger partial charge in [0.1, 0.15) is 5.82 Å². The number of rotatable bonds is 2. The van der Waals surface area contributed by atoms with Crippen LogP contribution in [0.5, 0.6) is 0 Å². The number of carbonyl (C=O) groups excluding carboxylic acids is 1. The number of ketones is 1. The van der Waals surface area contributed by atoms with Crippen molar-refractivity contribution in [2.45, 2.75) is 6.92 Å². The van der Waals surface area contributed by atoms with E-state index >= 15 is 0 Å². The summed E-state index contributed by atoms with van der Waals surface area (Å²) in [4.78, 5) is 12.6. The van der Waals surface area contributed by atoms with Crippen LogP contribution in [-0.4, -0.2) is 5.78 Å². The zero-order valence-corrected chi connectivity index (χ0v) is 10.9. The van der Waals surface area contributed by atoms with Crippen LogP contribution < -0.4 is 0 Å². The average molecular weight is 299 g/mol. The molecule has 0 saturated carbocycles. The van der Waals surface area contributed by atoms with Gasteiger partial charge in [0.05, 0.1) is 4.88 Å². The quantitative estimate of drug-likeness (QED) is 0.760. The summed E-state index contributed by atoms with van der Waals surface area (Å²) in [5, 5.41) is 1.82. The molecule has 1 heterocycles. The highest BCUT2D eigenvalue weighted by atomic mass is 79.9. The third kappa shape index (κ3) is 2.08. The van der Waals surface area contributed by atoms with Gasteiger partial charge in [-0.15, -0.1) is 11.3 Å². The SMILES string of the molecule is Cc1ccc(C(=O)c2sccc2Br)cc1F. The Morgan fingerprint density at radius 1 is 1.38 bits per heavy atom. The molecule has 82 valence electrons. The molecule has 16 heavy (non-hydrogen) atoms. The molecule has 0 saturated heterocycles. The van der Waals surface area contributed by atoms with Crippen LogP contribution in [-0.2, 0) is 0 Å². The van der Waals surface area contributed by atoms with Crippen molar-refractivity contribution >= 4 is 33.0 Å². The van der Waals surface area contributed by atoms with Crippen LogP contribution >= 0.6 is 27.3 Å². The normalized spacial score (nSPS) is 10.4. The number of hydrogen-bond donors (Lipinski definition) is 0. The summed E-state index contributed by atoms with van der Waals surface area (Å²) >= 11 is 4.64. The Bertz CT molecular complexity index is 548. The average Bonchev–Trinajstić information content (AvgIpc) is 2.67. The van der Waals surface area contributed by atoms with E-state index in [1.807, 2.05) is 11.4 Å². The topological polar surface area (TPSA) is 17.1 Å². The summed E-state index contributed by atoms with van der Waals surface area (Å²) in [6, 6.07) is 6.35. The van der Waals surface area contributed by atoms with Gasteiger partial charge < -0.3 is 0 Å². The largest absolute Gasteiger partial charge is 0.288 e. The van der Waals surface area contributed by atoms with Crippen LogP contribution in [0.15, 0.2) is 34.1 Å². The molecule has 2 rings (SSSR count). The van der Waals surface area contributed by atoms with E-state index in [9.17, 15) is 9.18 Å². The number of carbonyl (C=O) groups is 1. The van der Waals surface area contributed by atoms with Gasteiger partial charge in [0.25, 0.3) is 0 Å². The third-order valence-corrected chi connectivity index (χ3v) is 4.09. The van der Waals surface area contributed by atoms with Gasteiger partial charge in [-0.3, -0.25) is 4.79 Å². The van der Waals surface area contributed by atoms with Gasteiger partial charge in [0, 0.05) is 10.0 Å². The van der Waals surface area contributed by atoms with Crippen LogP contribution in [0, 0.1) is 12.7 Å². The lowest BCUT2D eigenvalue weighted by Crippen LogP contribution is -2.00. The van der Waals surface area contributed by atoms with Crippen molar-refractivity contribution in [3.63, 3.8) is 0 Å². The highest BCUT2D eigenvalue weighted by Gasteiger charge is 2.14. The number of thiophene rings is 1. The maximum atomic E-state index is 13.3. The van der Waals surface area contributed by atoms with E-state index in [1.54, 1.807) is 19.1 Å². The van der Waals surface area contributed by atoms with Gasteiger partial charge in [-0.05, 0) is 45.9 Å². The molecule has 1 aromatic carbocycles. The first-order valence-electron chi connectivity index (χ1n) is 4.63. The fourth-order valence-corrected chi connectivity index (χ4v) is 2.83. The summed E-state index contributed by atoms with van der Waals surface area (Å²) in [5.41, 5.74) is 0.924. The molecule has 0 amide bonds. The van der Waals surface area contributed by atoms with Crippen molar-refractivity contribution < 1.29 is 9.18 Å². The molecule has 0 radical (unpaired) electrons. The molecule has 2 aromatic rings. The van der Waals surface area contributed by atoms with Crippen molar-refractivity contribution in [3.05, 3.63) is 55.9 Å². The van der Waals surface area contributed by atoms with Crippen LogP contribution in [0.1, 0.15) is 20.8 Å². The minimum atomic E-state index is -0.349. The molecular weight excluding hydrogens is 291 g/mol. The molecule has 0 aliphatic carbocycles. The first-order valence-corrected chi connectivity index (χ1v) is 6.30. The van der Waals surface area contributed by atoms with Crippen molar-refractivity contribution in [1.29, 1.82) is 0 Å². The summed E-state index contributed by atoms with van der Waals surface area (Å²) in [5.74, 6) is -0.501. The van der Waals surface area contributed by atoms with E-state index in [0.29, 0.717) is 16.0 Å². The molecule has 1 aromatic heterocycles. The number of aryl methyl sites for hydroxylation is 1. The van der Waals surface area contributed by atoms with Crippen molar-refractivity contribution in [1.82, 2.24) is 0 Å². The predicted molar refractivity (Wildman–Crippen MR) is 66.6 cm³/mol. The Morgan fingerprint density at radius 3 is 2.69 bits per heavy atom. The van der Waals surface area contributed by atoms with Crippen LogP contribution in [0.25, 0.3) is 0 Å². The summed E-state index contributed by atoms with van der Waals surface area (Å²) in [6.07, 6.45) is 0. The van der Waals surface area contributed by atoms with Gasteiger partial charge in [-0.1, -0.05) is 12.1 Å². The molecule has 4 heteroatoms. The molecule has 0 spiro atoms. The summed E-state index contributed by atoms with van der Waals surface area (Å²) < 4.78 is 14.1. The second kappa shape index (κ2) is 4.47. The number of benzene rings is 1. The number of hydrogen-bond acceptors (Lipinski definition) is 2. The van der Waals surface area contributed by atoms with Gasteiger partial charge in [0.15, 0.2) is 0 Å². The maximum Gasteiger partial charge on any atom is 0.204 e. The zero-order valence-electron chi connectivity index (χ0n) is 8.46. The lowest BCUT2D eigenvalue weighted by Gasteiger charge is -2.01. The molecule has 0 bridgehead atoms. The van der Waals surface area contributed by atoms with Crippen molar-refractivity contribution in [2.24, 2.45) is 0 Å². The smallest absolute Gasteiger partial charge is 0.204 e.